The third-order valence-corrected chi connectivity index (χ3v) is 0.292. The molecule has 0 saturated heterocycles. The molecule has 0 fully saturated rings. The molecule has 34 valence electrons. The number of amides is 1. The SMILES string of the molecule is N[CH]CN[C]=O. The van der Waals surface area contributed by atoms with Gasteiger partial charge in [0.05, 0.1) is 0 Å². The fraction of sp³-hybridized carbons (Fsp3) is 0.333. The van der Waals surface area contributed by atoms with E-state index in [0.717, 1.165) is 0 Å². The van der Waals surface area contributed by atoms with Gasteiger partial charge in [0.1, 0.15) is 0 Å². The minimum Gasteiger partial charge on any atom is -0.346 e. The fourth-order valence-corrected chi connectivity index (χ4v) is 0.101. The smallest absolute Gasteiger partial charge is 0.309 e. The van der Waals surface area contributed by atoms with Gasteiger partial charge in [-0.1, -0.05) is 0 Å². The Morgan fingerprint density at radius 2 is 2.67 bits per heavy atom. The first kappa shape index (κ1) is 5.43. The Hall–Kier alpha value is -0.570. The lowest BCUT2D eigenvalue weighted by atomic mass is 10.7. The summed E-state index contributed by atoms with van der Waals surface area (Å²) in [6, 6.07) is 0. The predicted octanol–water partition coefficient (Wildman–Crippen LogP) is -1.24. The van der Waals surface area contributed by atoms with E-state index in [-0.39, 0.29) is 0 Å². The van der Waals surface area contributed by atoms with Crippen molar-refractivity contribution in [1.29, 1.82) is 0 Å². The molecule has 0 saturated carbocycles. The summed E-state index contributed by atoms with van der Waals surface area (Å²) in [6.45, 7) is 1.73. The second-order valence-corrected chi connectivity index (χ2v) is 0.719. The molecule has 0 aliphatic rings. The average molecular weight is 86.1 g/mol. The molecule has 0 atom stereocenters. The molecule has 3 heteroatoms. The zero-order chi connectivity index (χ0) is 4.83. The van der Waals surface area contributed by atoms with E-state index in [1.165, 1.54) is 13.0 Å². The Bertz CT molecular complexity index is 37.8. The molecule has 0 bridgehead atoms. The normalized spacial score (nSPS) is 7.50. The van der Waals surface area contributed by atoms with Crippen LogP contribution in [-0.2, 0) is 4.79 Å². The molecule has 0 rings (SSSR count). The molecule has 0 aliphatic carbocycles. The Morgan fingerprint density at radius 3 is 2.83 bits per heavy atom. The molecule has 3 nitrogen and oxygen atoms in total. The molecular weight excluding hydrogens is 80.0 g/mol. The van der Waals surface area contributed by atoms with Gasteiger partial charge in [0.15, 0.2) is 0 Å². The second kappa shape index (κ2) is 4.43. The first-order chi connectivity index (χ1) is 2.91. The number of carbonyl (C=O) groups excluding carboxylic acids is 1. The predicted molar refractivity (Wildman–Crippen MR) is 22.2 cm³/mol. The Morgan fingerprint density at radius 1 is 2.00 bits per heavy atom. The summed E-state index contributed by atoms with van der Waals surface area (Å²) in [5.41, 5.74) is 4.85. The molecule has 0 aliphatic heterocycles. The molecule has 0 spiro atoms. The van der Waals surface area contributed by atoms with E-state index in [1.807, 2.05) is 0 Å². The van der Waals surface area contributed by atoms with Crippen molar-refractivity contribution in [3.63, 3.8) is 0 Å². The summed E-state index contributed by atoms with van der Waals surface area (Å²) in [4.78, 5) is 9.25. The minimum absolute atomic E-state index is 0.392. The fourth-order valence-electron chi connectivity index (χ4n) is 0.101. The highest BCUT2D eigenvalue weighted by Crippen LogP contribution is 1.48. The van der Waals surface area contributed by atoms with Crippen LogP contribution in [0.1, 0.15) is 0 Å². The number of rotatable bonds is 3. The largest absolute Gasteiger partial charge is 0.346 e. The van der Waals surface area contributed by atoms with E-state index in [4.69, 9.17) is 5.73 Å². The molecular formula is C3H6N2O. The molecule has 6 heavy (non-hydrogen) atoms. The van der Waals surface area contributed by atoms with Gasteiger partial charge in [-0.25, -0.2) is 0 Å². The number of hydrogen-bond acceptors (Lipinski definition) is 2. The lowest BCUT2D eigenvalue weighted by molar-refractivity contribution is 0.544. The van der Waals surface area contributed by atoms with Crippen LogP contribution >= 0.6 is 0 Å². The highest BCUT2D eigenvalue weighted by atomic mass is 16.1. The third kappa shape index (κ3) is 3.43. The van der Waals surface area contributed by atoms with Gasteiger partial charge in [0, 0.05) is 13.1 Å². The van der Waals surface area contributed by atoms with E-state index in [9.17, 15) is 4.79 Å². The van der Waals surface area contributed by atoms with Gasteiger partial charge in [-0.05, 0) is 0 Å². The van der Waals surface area contributed by atoms with Crippen LogP contribution in [0.2, 0.25) is 0 Å². The quantitative estimate of drug-likeness (QED) is 0.333. The van der Waals surface area contributed by atoms with E-state index in [0.29, 0.717) is 6.54 Å². The van der Waals surface area contributed by atoms with Crippen molar-refractivity contribution < 1.29 is 4.79 Å². The van der Waals surface area contributed by atoms with Crippen molar-refractivity contribution in [2.24, 2.45) is 5.73 Å². The number of nitrogens with one attached hydrogen (secondary N) is 1. The maximum Gasteiger partial charge on any atom is 0.309 e. The standard InChI is InChI=1S/C3H6N2O/c4-1-2-5-3-6/h1H,2,4H2,(H,5,6). The van der Waals surface area contributed by atoms with Crippen molar-refractivity contribution in [3.05, 3.63) is 6.54 Å². The lowest BCUT2D eigenvalue weighted by Gasteiger charge is -1.84. The van der Waals surface area contributed by atoms with Crippen molar-refractivity contribution >= 4 is 6.41 Å². The molecule has 0 aromatic heterocycles. The van der Waals surface area contributed by atoms with Gasteiger partial charge in [-0.3, -0.25) is 4.79 Å². The van der Waals surface area contributed by atoms with Crippen molar-refractivity contribution in [1.82, 2.24) is 5.32 Å². The first-order valence-corrected chi connectivity index (χ1v) is 1.55. The van der Waals surface area contributed by atoms with Crippen molar-refractivity contribution in [3.8, 4) is 0 Å². The van der Waals surface area contributed by atoms with Crippen LogP contribution in [0, 0.1) is 6.54 Å². The highest BCUT2D eigenvalue weighted by molar-refractivity contribution is 5.47. The van der Waals surface area contributed by atoms with E-state index >= 15 is 0 Å². The molecule has 0 heterocycles. The van der Waals surface area contributed by atoms with Crippen LogP contribution in [0.5, 0.6) is 0 Å². The van der Waals surface area contributed by atoms with E-state index < -0.39 is 0 Å². The maximum absolute atomic E-state index is 9.25. The monoisotopic (exact) mass is 86.0 g/mol. The topological polar surface area (TPSA) is 55.1 Å². The summed E-state index contributed by atoms with van der Waals surface area (Å²) in [5.74, 6) is 0. The molecule has 0 aromatic carbocycles. The van der Waals surface area contributed by atoms with Gasteiger partial charge in [-0.15, -0.1) is 0 Å². The summed E-state index contributed by atoms with van der Waals surface area (Å²) in [6.07, 6.45) is 1.46. The van der Waals surface area contributed by atoms with Crippen LogP contribution < -0.4 is 11.1 Å². The molecule has 0 aromatic rings. The summed E-state index contributed by atoms with van der Waals surface area (Å²) < 4.78 is 0. The van der Waals surface area contributed by atoms with Crippen molar-refractivity contribution in [2.45, 2.75) is 0 Å². The van der Waals surface area contributed by atoms with Crippen LogP contribution in [0.15, 0.2) is 0 Å². The maximum atomic E-state index is 9.25. The van der Waals surface area contributed by atoms with Gasteiger partial charge >= 0.3 is 6.41 Å². The van der Waals surface area contributed by atoms with Crippen LogP contribution in [0.4, 0.5) is 0 Å². The van der Waals surface area contributed by atoms with Crippen LogP contribution in [-0.4, -0.2) is 13.0 Å². The summed E-state index contributed by atoms with van der Waals surface area (Å²) >= 11 is 0. The molecule has 3 N–H and O–H groups in total. The number of nitrogens with two attached hydrogens (primary N) is 1. The number of hydrogen-bond donors (Lipinski definition) is 2. The van der Waals surface area contributed by atoms with Gasteiger partial charge in [-0.2, -0.15) is 0 Å². The summed E-state index contributed by atoms with van der Waals surface area (Å²) in [7, 11) is 0. The van der Waals surface area contributed by atoms with Gasteiger partial charge in [0.2, 0.25) is 0 Å². The highest BCUT2D eigenvalue weighted by Gasteiger charge is 1.72. The minimum atomic E-state index is 0.392. The first-order valence-electron chi connectivity index (χ1n) is 1.55. The Kier molecular flexibility index (Phi) is 4.01. The van der Waals surface area contributed by atoms with Crippen LogP contribution in [0.3, 0.4) is 0 Å². The van der Waals surface area contributed by atoms with Crippen molar-refractivity contribution in [2.75, 3.05) is 6.54 Å². The second-order valence-electron chi connectivity index (χ2n) is 0.719. The van der Waals surface area contributed by atoms with Gasteiger partial charge in [0.25, 0.3) is 0 Å². The zero-order valence-electron chi connectivity index (χ0n) is 3.27. The Labute approximate surface area is 36.5 Å². The Balaban J connectivity index is 2.49. The average Bonchev–Trinajstić information content (AvgIpc) is 1.61. The third-order valence-electron chi connectivity index (χ3n) is 0.292. The van der Waals surface area contributed by atoms with Gasteiger partial charge < -0.3 is 11.1 Å². The molecule has 0 unspecified atom stereocenters. The zero-order valence-corrected chi connectivity index (χ0v) is 3.27. The molecule has 1 amide bonds. The van der Waals surface area contributed by atoms with Crippen LogP contribution in [0.25, 0.3) is 0 Å². The molecule has 2 radical (unpaired) electrons. The van der Waals surface area contributed by atoms with E-state index in [1.54, 1.807) is 0 Å². The lowest BCUT2D eigenvalue weighted by Crippen LogP contribution is -2.15. The van der Waals surface area contributed by atoms with E-state index in [2.05, 4.69) is 5.32 Å². The summed E-state index contributed by atoms with van der Waals surface area (Å²) in [5, 5.41) is 2.21.